The van der Waals surface area contributed by atoms with Gasteiger partial charge < -0.3 is 32.6 Å². The van der Waals surface area contributed by atoms with Gasteiger partial charge in [-0.1, -0.05) is 147 Å². The Bertz CT molecular complexity index is 7500. The number of anilines is 3. The number of aryl methyl sites for hydroxylation is 3. The van der Waals surface area contributed by atoms with Crippen LogP contribution in [0.1, 0.15) is 120 Å². The molecule has 1 aliphatic rings. The van der Waals surface area contributed by atoms with Crippen LogP contribution in [-0.2, 0) is 21.1 Å². The number of carbonyl (C=O) groups is 6. The fraction of sp³-hybridized carbons (Fsp3) is 0.174. The third-order valence-electron chi connectivity index (χ3n) is 22.8. The van der Waals surface area contributed by atoms with Crippen molar-refractivity contribution in [2.45, 2.75) is 60.3 Å². The number of benzene rings is 11. The number of aromatic nitrogens is 6. The maximum atomic E-state index is 12.6. The number of methoxy groups -OCH3 is 4. The maximum absolute atomic E-state index is 12.6. The Morgan fingerprint density at radius 3 is 1.11 bits per heavy atom. The second-order valence-electron chi connectivity index (χ2n) is 32.2. The third-order valence-corrected chi connectivity index (χ3v) is 29.6. The second kappa shape index (κ2) is 48.9. The summed E-state index contributed by atoms with van der Waals surface area (Å²) in [6.07, 6.45) is 2.52. The summed E-state index contributed by atoms with van der Waals surface area (Å²) < 4.78 is 29.5. The Balaban J connectivity index is 0.000000142. The number of nitrogens with zero attached hydrogens (tertiary/aromatic N) is 12. The van der Waals surface area contributed by atoms with Crippen molar-refractivity contribution in [1.82, 2.24) is 28.7 Å². The summed E-state index contributed by atoms with van der Waals surface area (Å²) in [5.74, 6) is 2.92. The molecule has 0 spiro atoms. The predicted octanol–water partition coefficient (Wildman–Crippen LogP) is 26.0. The van der Waals surface area contributed by atoms with Gasteiger partial charge in [-0.3, -0.25) is 43.5 Å². The van der Waals surface area contributed by atoms with E-state index in [2.05, 4.69) is 106 Å². The molecule has 140 heavy (non-hydrogen) atoms. The standard InChI is InChI=1S/C21H22N2O3S.C20H19ClN2O2S.C20H20N2O2S.2C17H13BrN2OS.C14H14N2OS/c1-13-9-16(11-19(26-5)14(13)2)18-12-27-21(23(18)3)22-20(24)15-7-6-8-17(10-15)25-4;1-12-9-15(10-18(25-4)13(12)2)17-11-26-20(23(17)3)22-19(24)14-5-7-16(21)8-6-14;1-13-10-16(11-18(24-4)14(13)2)17-12-25-20(21-17)22(3)19(23)15-8-6-5-7-9-15;1-20(16(21)12-6-3-2-4-7-12)17-19-15(11-22-17)13-8-5-9-14(18)10-13;1-20(16(21)13-5-3-2-4-6-13)17-19-15(11-22-17)12-7-9-14(18)10-8-12;1-16-12(10-7-8-10)9-18-14(16)15-13(17)11-5-3-2-4-6-11/h6-12H,1-5H3;5-11H,1-4H3;5-12H,1-4H3;2*2-11H,1H3;2-6,9-10H,7-8H2,1H3. The first kappa shape index (κ1) is 104. The number of amides is 6. The van der Waals surface area contributed by atoms with Crippen molar-refractivity contribution in [2.24, 2.45) is 36.1 Å². The first-order chi connectivity index (χ1) is 67.4. The molecule has 17 aromatic rings. The molecule has 6 aromatic heterocycles. The Hall–Kier alpha value is -13.5. The van der Waals surface area contributed by atoms with Crippen LogP contribution in [-0.4, -0.2) is 114 Å². The van der Waals surface area contributed by atoms with E-state index in [-0.39, 0.29) is 35.4 Å². The van der Waals surface area contributed by atoms with Crippen molar-refractivity contribution >= 4 is 162 Å². The van der Waals surface area contributed by atoms with Gasteiger partial charge in [0.1, 0.15) is 23.0 Å². The van der Waals surface area contributed by atoms with Crippen molar-refractivity contribution in [1.29, 1.82) is 0 Å². The van der Waals surface area contributed by atoms with Gasteiger partial charge in [0.15, 0.2) is 29.8 Å². The van der Waals surface area contributed by atoms with E-state index in [0.29, 0.717) is 75.1 Å². The highest BCUT2D eigenvalue weighted by molar-refractivity contribution is 9.10. The van der Waals surface area contributed by atoms with Crippen LogP contribution in [0.15, 0.2) is 311 Å². The predicted molar refractivity (Wildman–Crippen MR) is 577 cm³/mol. The van der Waals surface area contributed by atoms with E-state index >= 15 is 0 Å². The zero-order valence-corrected chi connectivity index (χ0v) is 88.6. The molecule has 1 aliphatic carbocycles. The fourth-order valence-electron chi connectivity index (χ4n) is 14.1. The average molecular weight is 2130 g/mol. The molecule has 0 unspecified atom stereocenters. The topological polar surface area (TPSA) is 240 Å². The zero-order chi connectivity index (χ0) is 100.0. The molecule has 22 nitrogen and oxygen atoms in total. The normalized spacial score (nSPS) is 11.6. The number of rotatable bonds is 19. The molecule has 11 aromatic carbocycles. The lowest BCUT2D eigenvalue weighted by Gasteiger charge is -2.13. The van der Waals surface area contributed by atoms with Crippen LogP contribution in [0.3, 0.4) is 0 Å². The monoisotopic (exact) mass is 2120 g/mol. The minimum atomic E-state index is -0.296. The van der Waals surface area contributed by atoms with Crippen LogP contribution in [0.4, 0.5) is 15.4 Å². The Morgan fingerprint density at radius 2 is 0.707 bits per heavy atom. The van der Waals surface area contributed by atoms with Crippen molar-refractivity contribution in [3.8, 4) is 79.3 Å². The quantitative estimate of drug-likeness (QED) is 0.0733. The van der Waals surface area contributed by atoms with E-state index < -0.39 is 0 Å². The van der Waals surface area contributed by atoms with Gasteiger partial charge in [0.25, 0.3) is 35.4 Å². The number of hydrogen-bond acceptors (Lipinski definition) is 19. The summed E-state index contributed by atoms with van der Waals surface area (Å²) in [6.45, 7) is 12.3. The lowest BCUT2D eigenvalue weighted by molar-refractivity contribution is 0.0985. The SMILES string of the molecule is CN(C(=O)c1ccccc1)c1nc(-c2ccc(Br)cc2)cs1.CN(C(=O)c1ccccc1)c1nc(-c2cccc(Br)c2)cs1.COc1cc(-c2csc(=NC(=O)c3ccc(Cl)cc3)n2C)cc(C)c1C.COc1cc(-c2csc(N(C)C(=O)c3ccccc3)n2)cc(C)c1C.COc1cccc(C(=O)N=c2scc(-c3cc(C)c(C)c(OC)c3)n2C)c1.Cn1c(C2CC2)csc1=NC(=O)c1ccccc1. The van der Waals surface area contributed by atoms with Crippen LogP contribution in [0.5, 0.6) is 23.0 Å². The van der Waals surface area contributed by atoms with Gasteiger partial charge in [0.2, 0.25) is 0 Å². The molecule has 0 aliphatic heterocycles. The molecule has 6 heterocycles. The largest absolute Gasteiger partial charge is 0.497 e. The molecular formula is C109H101Br2ClN12O10S6. The molecule has 18 rings (SSSR count). The van der Waals surface area contributed by atoms with Crippen LogP contribution >= 0.6 is 111 Å². The van der Waals surface area contributed by atoms with E-state index in [1.807, 2.05) is 258 Å². The van der Waals surface area contributed by atoms with E-state index in [1.54, 1.807) is 136 Å². The molecule has 0 N–H and O–H groups in total. The molecular weight excluding hydrogens is 2020 g/mol. The number of ether oxygens (including phenoxy) is 4. The molecule has 0 saturated heterocycles. The number of hydrogen-bond donors (Lipinski definition) is 0. The first-order valence-electron chi connectivity index (χ1n) is 43.9. The second-order valence-corrected chi connectivity index (χ2v) is 39.5. The van der Waals surface area contributed by atoms with Crippen molar-refractivity contribution in [2.75, 3.05) is 64.3 Å². The summed E-state index contributed by atoms with van der Waals surface area (Å²) in [6, 6.07) is 78.8. The van der Waals surface area contributed by atoms with Gasteiger partial charge in [-0.25, -0.2) is 15.0 Å². The molecule has 0 radical (unpaired) electrons. The van der Waals surface area contributed by atoms with Gasteiger partial charge >= 0.3 is 0 Å². The highest BCUT2D eigenvalue weighted by Gasteiger charge is 2.28. The summed E-state index contributed by atoms with van der Waals surface area (Å²) in [5, 5.41) is 14.6. The zero-order valence-electron chi connectivity index (χ0n) is 79.7. The lowest BCUT2D eigenvalue weighted by atomic mass is 10.0. The summed E-state index contributed by atoms with van der Waals surface area (Å²) in [4.78, 5) is 108. The number of halogens is 3. The summed E-state index contributed by atoms with van der Waals surface area (Å²) in [7, 11) is 17.6. The smallest absolute Gasteiger partial charge is 0.279 e. The van der Waals surface area contributed by atoms with E-state index in [4.69, 9.17) is 30.5 Å². The molecule has 714 valence electrons. The minimum Gasteiger partial charge on any atom is -0.497 e. The first-order valence-corrected chi connectivity index (χ1v) is 51.2. The molecule has 1 saturated carbocycles. The van der Waals surface area contributed by atoms with E-state index in [9.17, 15) is 28.8 Å². The van der Waals surface area contributed by atoms with Gasteiger partial charge in [0, 0.05) is 161 Å². The Morgan fingerprint density at radius 1 is 0.350 bits per heavy atom. The Kier molecular flexibility index (Phi) is 36.2. The van der Waals surface area contributed by atoms with Gasteiger partial charge in [0.05, 0.1) is 56.9 Å². The van der Waals surface area contributed by atoms with Crippen LogP contribution < -0.4 is 48.1 Å². The summed E-state index contributed by atoms with van der Waals surface area (Å²) >= 11 is 21.5. The van der Waals surface area contributed by atoms with Crippen molar-refractivity contribution in [3.05, 3.63) is 388 Å². The lowest BCUT2D eigenvalue weighted by Crippen LogP contribution is -2.25. The van der Waals surface area contributed by atoms with Crippen LogP contribution in [0, 0.1) is 41.5 Å². The number of carbonyl (C=O) groups excluding carboxylic acids is 6. The molecule has 6 amide bonds. The maximum Gasteiger partial charge on any atom is 0.279 e. The van der Waals surface area contributed by atoms with E-state index in [0.717, 1.165) is 121 Å². The highest BCUT2D eigenvalue weighted by Crippen LogP contribution is 2.41. The van der Waals surface area contributed by atoms with Gasteiger partial charge in [-0.15, -0.1) is 68.0 Å². The molecule has 0 atom stereocenters. The van der Waals surface area contributed by atoms with Gasteiger partial charge in [-0.05, 0) is 239 Å². The molecule has 0 bridgehead atoms. The Labute approximate surface area is 859 Å². The van der Waals surface area contributed by atoms with Crippen LogP contribution in [0.2, 0.25) is 5.02 Å². The van der Waals surface area contributed by atoms with Crippen molar-refractivity contribution in [3.63, 3.8) is 0 Å². The number of thiazole rings is 6. The van der Waals surface area contributed by atoms with E-state index in [1.165, 1.54) is 75.2 Å². The third kappa shape index (κ3) is 26.5. The molecule has 1 fully saturated rings. The highest BCUT2D eigenvalue weighted by atomic mass is 79.9. The van der Waals surface area contributed by atoms with Crippen molar-refractivity contribution < 1.29 is 47.7 Å². The summed E-state index contributed by atoms with van der Waals surface area (Å²) in [5.41, 5.74) is 21.4. The average Bonchev–Trinajstić information content (AvgIpc) is 1.64. The fourth-order valence-corrected chi connectivity index (χ4v) is 20.1. The molecule has 31 heteroatoms. The van der Waals surface area contributed by atoms with Gasteiger partial charge in [-0.2, -0.15) is 15.0 Å². The van der Waals surface area contributed by atoms with Crippen LogP contribution in [0.25, 0.3) is 56.3 Å². The minimum absolute atomic E-state index is 0.0580.